The molecule has 1 atom stereocenters. The Labute approximate surface area is 190 Å². The van der Waals surface area contributed by atoms with Crippen molar-refractivity contribution in [2.45, 2.75) is 51.6 Å². The molecule has 0 saturated carbocycles. The second-order valence-corrected chi connectivity index (χ2v) is 7.85. The topological polar surface area (TPSA) is 91.2 Å². The monoisotopic (exact) mass is 441 g/mol. The number of carbonyl (C=O) groups excluding carboxylic acids is 1. The number of rotatable bonds is 12. The molecule has 1 aliphatic rings. The van der Waals surface area contributed by atoms with Crippen molar-refractivity contribution in [2.75, 3.05) is 31.6 Å². The minimum atomic E-state index is -1.03. The quantitative estimate of drug-likeness (QED) is 0.367. The van der Waals surface area contributed by atoms with Gasteiger partial charge in [0, 0.05) is 37.5 Å². The summed E-state index contributed by atoms with van der Waals surface area (Å²) in [6.45, 7) is 5.44. The fourth-order valence-electron chi connectivity index (χ4n) is 3.49. The molecule has 0 aliphatic carbocycles. The highest BCUT2D eigenvalue weighted by atomic mass is 16.5. The summed E-state index contributed by atoms with van der Waals surface area (Å²) in [4.78, 5) is 29.6. The number of aliphatic carboxylic acids is 1. The van der Waals surface area contributed by atoms with Crippen LogP contribution in [0.15, 0.2) is 53.6 Å². The highest BCUT2D eigenvalue weighted by Crippen LogP contribution is 2.23. The molecule has 1 unspecified atom stereocenters. The van der Waals surface area contributed by atoms with E-state index in [1.54, 1.807) is 11.9 Å². The first-order valence-electron chi connectivity index (χ1n) is 11.3. The third kappa shape index (κ3) is 7.64. The van der Waals surface area contributed by atoms with Gasteiger partial charge in [-0.3, -0.25) is 9.89 Å². The maximum atomic E-state index is 12.5. The highest BCUT2D eigenvalue weighted by molar-refractivity contribution is 6.10. The summed E-state index contributed by atoms with van der Waals surface area (Å²) in [7, 11) is 1.75. The van der Waals surface area contributed by atoms with Gasteiger partial charge in [0.1, 0.15) is 5.60 Å². The average Bonchev–Trinajstić information content (AvgIpc) is 2.80. The van der Waals surface area contributed by atoms with Crippen molar-refractivity contribution in [3.8, 4) is 0 Å². The van der Waals surface area contributed by atoms with Crippen LogP contribution in [0.4, 0.5) is 10.5 Å². The van der Waals surface area contributed by atoms with E-state index < -0.39 is 11.6 Å². The number of carboxylic acids is 1. The Hall–Kier alpha value is -2.93. The van der Waals surface area contributed by atoms with E-state index in [-0.39, 0.29) is 12.6 Å². The predicted molar refractivity (Wildman–Crippen MR) is 129 cm³/mol. The van der Waals surface area contributed by atoms with Gasteiger partial charge in [-0.05, 0) is 43.7 Å². The lowest BCUT2D eigenvalue weighted by Crippen LogP contribution is -2.37. The normalized spacial score (nSPS) is 17.9. The van der Waals surface area contributed by atoms with Crippen LogP contribution in [0.2, 0.25) is 0 Å². The first-order chi connectivity index (χ1) is 15.4. The zero-order valence-electron chi connectivity index (χ0n) is 19.3. The Bertz CT molecular complexity index is 862. The molecule has 7 nitrogen and oxygen atoms in total. The minimum absolute atomic E-state index is 0.132. The van der Waals surface area contributed by atoms with Gasteiger partial charge in [-0.15, -0.1) is 0 Å². The van der Waals surface area contributed by atoms with E-state index >= 15 is 0 Å². The molecule has 0 radical (unpaired) electrons. The molecule has 0 saturated heterocycles. The molecule has 0 spiro atoms. The number of urea groups is 1. The Kier molecular flexibility index (Phi) is 10.1. The van der Waals surface area contributed by atoms with Gasteiger partial charge in [0.2, 0.25) is 0 Å². The van der Waals surface area contributed by atoms with Crippen molar-refractivity contribution in [3.63, 3.8) is 0 Å². The van der Waals surface area contributed by atoms with Crippen LogP contribution in [0.5, 0.6) is 0 Å². The van der Waals surface area contributed by atoms with Crippen molar-refractivity contribution in [3.05, 3.63) is 54.1 Å². The van der Waals surface area contributed by atoms with E-state index in [0.29, 0.717) is 13.2 Å². The number of nitrogens with one attached hydrogen (secondary N) is 1. The van der Waals surface area contributed by atoms with Crippen LogP contribution in [0.3, 0.4) is 0 Å². The number of aliphatic imine (C=N–C) groups is 1. The van der Waals surface area contributed by atoms with Crippen LogP contribution < -0.4 is 10.2 Å². The first kappa shape index (κ1) is 25.3. The van der Waals surface area contributed by atoms with E-state index in [0.717, 1.165) is 35.9 Å². The summed E-state index contributed by atoms with van der Waals surface area (Å²) < 4.78 is 5.76. The molecule has 0 aromatic heterocycles. The molecule has 1 aromatic rings. The molecule has 7 heteroatoms. The van der Waals surface area contributed by atoms with Crippen LogP contribution in [-0.2, 0) is 9.53 Å². The third-order valence-corrected chi connectivity index (χ3v) is 5.33. The number of nitrogens with zero attached hydrogens (tertiary/aromatic N) is 2. The van der Waals surface area contributed by atoms with Crippen molar-refractivity contribution in [1.29, 1.82) is 0 Å². The zero-order chi connectivity index (χ0) is 23.4. The second-order valence-electron chi connectivity index (χ2n) is 7.85. The maximum absolute atomic E-state index is 12.5. The number of benzene rings is 1. The number of carbonyl (C=O) groups is 2. The molecule has 2 amide bonds. The first-order valence-corrected chi connectivity index (χ1v) is 11.3. The number of hydrogen-bond donors (Lipinski definition) is 2. The number of anilines is 1. The summed E-state index contributed by atoms with van der Waals surface area (Å²) in [6.07, 6.45) is 12.0. The fraction of sp³-hybridized carbons (Fsp3) is 0.480. The van der Waals surface area contributed by atoms with Crippen LogP contribution in [-0.4, -0.2) is 55.2 Å². The number of amides is 2. The average molecular weight is 442 g/mol. The number of ether oxygens (including phenoxy) is 1. The van der Waals surface area contributed by atoms with Crippen molar-refractivity contribution < 1.29 is 19.4 Å². The Morgan fingerprint density at radius 1 is 1.25 bits per heavy atom. The number of carboxylic acid groups (broad SMARTS) is 1. The SMILES string of the molecule is CCCCCCCNC(=O)N(C)c1cccc(C2=NCC(/C=C\C(=O)O)(OCC)C=C2)c1. The fourth-order valence-corrected chi connectivity index (χ4v) is 3.49. The van der Waals surface area contributed by atoms with E-state index in [1.807, 2.05) is 43.3 Å². The summed E-state index contributed by atoms with van der Waals surface area (Å²) >= 11 is 0. The predicted octanol–water partition coefficient (Wildman–Crippen LogP) is 4.58. The maximum Gasteiger partial charge on any atom is 0.328 e. The van der Waals surface area contributed by atoms with Gasteiger partial charge in [-0.1, -0.05) is 44.7 Å². The highest BCUT2D eigenvalue weighted by Gasteiger charge is 2.27. The largest absolute Gasteiger partial charge is 0.478 e. The molecule has 1 heterocycles. The molecule has 2 N–H and O–H groups in total. The van der Waals surface area contributed by atoms with Crippen molar-refractivity contribution >= 4 is 23.4 Å². The van der Waals surface area contributed by atoms with Gasteiger partial charge < -0.3 is 15.2 Å². The van der Waals surface area contributed by atoms with E-state index in [2.05, 4.69) is 17.2 Å². The number of hydrogen-bond acceptors (Lipinski definition) is 4. The lowest BCUT2D eigenvalue weighted by atomic mass is 9.96. The van der Waals surface area contributed by atoms with Crippen LogP contribution in [0.1, 0.15) is 51.5 Å². The molecule has 174 valence electrons. The van der Waals surface area contributed by atoms with Crippen molar-refractivity contribution in [1.82, 2.24) is 5.32 Å². The molecule has 1 aromatic carbocycles. The smallest absolute Gasteiger partial charge is 0.328 e. The van der Waals surface area contributed by atoms with E-state index in [1.165, 1.54) is 25.3 Å². The Morgan fingerprint density at radius 2 is 2.03 bits per heavy atom. The van der Waals surface area contributed by atoms with Gasteiger partial charge in [0.05, 0.1) is 12.3 Å². The van der Waals surface area contributed by atoms with E-state index in [4.69, 9.17) is 9.84 Å². The van der Waals surface area contributed by atoms with Gasteiger partial charge in [0.25, 0.3) is 0 Å². The molecular weight excluding hydrogens is 406 g/mol. The van der Waals surface area contributed by atoms with Crippen LogP contribution >= 0.6 is 0 Å². The molecule has 2 rings (SSSR count). The van der Waals surface area contributed by atoms with Gasteiger partial charge in [-0.2, -0.15) is 0 Å². The summed E-state index contributed by atoms with van der Waals surface area (Å²) in [5, 5.41) is 11.9. The molecule has 1 aliphatic heterocycles. The van der Waals surface area contributed by atoms with Gasteiger partial charge in [0.15, 0.2) is 0 Å². The Balaban J connectivity index is 2.02. The van der Waals surface area contributed by atoms with Crippen molar-refractivity contribution in [2.24, 2.45) is 4.99 Å². The van der Waals surface area contributed by atoms with Gasteiger partial charge >= 0.3 is 12.0 Å². The summed E-state index contributed by atoms with van der Waals surface area (Å²) in [5.41, 5.74) is 1.55. The van der Waals surface area contributed by atoms with E-state index in [9.17, 15) is 9.59 Å². The lowest BCUT2D eigenvalue weighted by molar-refractivity contribution is -0.131. The molecule has 32 heavy (non-hydrogen) atoms. The minimum Gasteiger partial charge on any atom is -0.478 e. The molecular formula is C25H35N3O4. The zero-order valence-corrected chi connectivity index (χ0v) is 19.3. The lowest BCUT2D eigenvalue weighted by Gasteiger charge is -2.28. The molecule has 0 fully saturated rings. The standard InChI is InChI=1S/C25H35N3O4/c1-4-6-7-8-9-17-26-24(31)28(3)21-12-10-11-20(18-21)22-13-15-25(19-27-22,32-5-2)16-14-23(29)30/h10-16,18H,4-9,17,19H2,1-3H3,(H,26,31)(H,29,30)/b16-14-. The third-order valence-electron chi connectivity index (χ3n) is 5.33. The summed E-state index contributed by atoms with van der Waals surface area (Å²) in [5.74, 6) is -1.03. The second kappa shape index (κ2) is 12.8. The number of dihydropyridines is 1. The summed E-state index contributed by atoms with van der Waals surface area (Å²) in [6, 6.07) is 7.51. The Morgan fingerprint density at radius 3 is 2.69 bits per heavy atom. The van der Waals surface area contributed by atoms with Crippen LogP contribution in [0, 0.1) is 0 Å². The molecule has 0 bridgehead atoms. The number of allylic oxidation sites excluding steroid dienone is 1. The van der Waals surface area contributed by atoms with Gasteiger partial charge in [-0.25, -0.2) is 9.59 Å². The van der Waals surface area contributed by atoms with Crippen LogP contribution in [0.25, 0.3) is 0 Å². The number of unbranched alkanes of at least 4 members (excludes halogenated alkanes) is 4.